The Kier molecular flexibility index (Phi) is 3.74. The molecule has 4 heteroatoms. The molecule has 0 spiro atoms. The molecule has 1 atom stereocenters. The third-order valence-corrected chi connectivity index (χ3v) is 2.93. The first kappa shape index (κ1) is 11.4. The van der Waals surface area contributed by atoms with Crippen LogP contribution in [0.15, 0.2) is 24.3 Å². The molecule has 2 rings (SSSR count). The van der Waals surface area contributed by atoms with E-state index in [0.717, 1.165) is 19.6 Å². The molecule has 2 N–H and O–H groups in total. The third-order valence-electron chi connectivity index (χ3n) is 2.93. The Hall–Kier alpha value is -1.13. The summed E-state index contributed by atoms with van der Waals surface area (Å²) < 4.78 is 13.6. The van der Waals surface area contributed by atoms with Crippen molar-refractivity contribution < 1.29 is 9.50 Å². The Morgan fingerprint density at radius 2 is 2.25 bits per heavy atom. The lowest BCUT2D eigenvalue weighted by molar-refractivity contribution is 0.260. The van der Waals surface area contributed by atoms with Gasteiger partial charge in [0, 0.05) is 32.3 Å². The second-order valence-corrected chi connectivity index (χ2v) is 4.06. The molecule has 0 saturated carbocycles. The van der Waals surface area contributed by atoms with Crippen molar-refractivity contribution in [3.05, 3.63) is 30.1 Å². The molecule has 3 nitrogen and oxygen atoms in total. The minimum Gasteiger partial charge on any atom is -0.396 e. The predicted octanol–water partition coefficient (Wildman–Crippen LogP) is 0.986. The summed E-state index contributed by atoms with van der Waals surface area (Å²) in [6, 6.07) is 7.08. The number of rotatable bonds is 3. The molecule has 16 heavy (non-hydrogen) atoms. The van der Waals surface area contributed by atoms with Crippen molar-refractivity contribution >= 4 is 5.69 Å². The number of anilines is 1. The molecule has 1 aromatic carbocycles. The van der Waals surface area contributed by atoms with E-state index in [0.29, 0.717) is 12.1 Å². The Morgan fingerprint density at radius 1 is 1.44 bits per heavy atom. The van der Waals surface area contributed by atoms with E-state index < -0.39 is 0 Å². The van der Waals surface area contributed by atoms with Crippen LogP contribution in [0.3, 0.4) is 0 Å². The highest BCUT2D eigenvalue weighted by Crippen LogP contribution is 2.20. The highest BCUT2D eigenvalue weighted by molar-refractivity contribution is 5.48. The quantitative estimate of drug-likeness (QED) is 0.803. The van der Waals surface area contributed by atoms with Crippen LogP contribution in [-0.2, 0) is 0 Å². The zero-order valence-electron chi connectivity index (χ0n) is 9.19. The molecule has 1 heterocycles. The number of nitrogens with one attached hydrogen (secondary N) is 1. The first-order valence-corrected chi connectivity index (χ1v) is 5.65. The summed E-state index contributed by atoms with van der Waals surface area (Å²) in [4.78, 5) is 2.03. The zero-order valence-corrected chi connectivity index (χ0v) is 9.19. The van der Waals surface area contributed by atoms with Crippen LogP contribution < -0.4 is 10.2 Å². The molecular formula is C12H17FN2O. The van der Waals surface area contributed by atoms with Gasteiger partial charge >= 0.3 is 0 Å². The van der Waals surface area contributed by atoms with Gasteiger partial charge in [-0.3, -0.25) is 0 Å². The molecular weight excluding hydrogens is 207 g/mol. The van der Waals surface area contributed by atoms with Crippen molar-refractivity contribution in [2.45, 2.75) is 12.5 Å². The molecule has 0 amide bonds. The van der Waals surface area contributed by atoms with E-state index in [2.05, 4.69) is 5.32 Å². The van der Waals surface area contributed by atoms with Gasteiger partial charge in [0.25, 0.3) is 0 Å². The Balaban J connectivity index is 2.07. The highest BCUT2D eigenvalue weighted by atomic mass is 19.1. The molecule has 0 radical (unpaired) electrons. The minimum atomic E-state index is -0.174. The van der Waals surface area contributed by atoms with Crippen molar-refractivity contribution in [2.75, 3.05) is 31.1 Å². The monoisotopic (exact) mass is 224 g/mol. The van der Waals surface area contributed by atoms with Gasteiger partial charge in [0.15, 0.2) is 0 Å². The number of aliphatic hydroxyl groups excluding tert-OH is 1. The lowest BCUT2D eigenvalue weighted by atomic mass is 10.1. The summed E-state index contributed by atoms with van der Waals surface area (Å²) >= 11 is 0. The largest absolute Gasteiger partial charge is 0.396 e. The van der Waals surface area contributed by atoms with E-state index in [-0.39, 0.29) is 18.5 Å². The SMILES string of the molecule is OCCC1CN(c2ccccc2F)CCN1. The first-order valence-electron chi connectivity index (χ1n) is 5.65. The van der Waals surface area contributed by atoms with Crippen molar-refractivity contribution in [2.24, 2.45) is 0 Å². The van der Waals surface area contributed by atoms with Gasteiger partial charge in [-0.2, -0.15) is 0 Å². The van der Waals surface area contributed by atoms with Crippen LogP contribution >= 0.6 is 0 Å². The second-order valence-electron chi connectivity index (χ2n) is 4.06. The van der Waals surface area contributed by atoms with Crippen molar-refractivity contribution in [3.8, 4) is 0 Å². The normalized spacial score (nSPS) is 21.1. The maximum Gasteiger partial charge on any atom is 0.146 e. The fourth-order valence-electron chi connectivity index (χ4n) is 2.10. The first-order chi connectivity index (χ1) is 7.81. The lowest BCUT2D eigenvalue weighted by Gasteiger charge is -2.35. The van der Waals surface area contributed by atoms with Gasteiger partial charge in [0.2, 0.25) is 0 Å². The number of hydrogen-bond acceptors (Lipinski definition) is 3. The van der Waals surface area contributed by atoms with E-state index >= 15 is 0 Å². The van der Waals surface area contributed by atoms with Crippen molar-refractivity contribution in [1.29, 1.82) is 0 Å². The predicted molar refractivity (Wildman–Crippen MR) is 62.1 cm³/mol. The van der Waals surface area contributed by atoms with E-state index in [1.165, 1.54) is 6.07 Å². The van der Waals surface area contributed by atoms with Crippen LogP contribution in [-0.4, -0.2) is 37.4 Å². The summed E-state index contributed by atoms with van der Waals surface area (Å²) in [6.07, 6.45) is 0.713. The molecule has 1 saturated heterocycles. The standard InChI is InChI=1S/C12H17FN2O/c13-11-3-1-2-4-12(11)15-7-6-14-10(9-15)5-8-16/h1-4,10,14,16H,5-9H2. The molecule has 0 bridgehead atoms. The van der Waals surface area contributed by atoms with Gasteiger partial charge in [0.05, 0.1) is 5.69 Å². The Morgan fingerprint density at radius 3 is 3.00 bits per heavy atom. The molecule has 0 aliphatic carbocycles. The molecule has 88 valence electrons. The average molecular weight is 224 g/mol. The lowest BCUT2D eigenvalue weighted by Crippen LogP contribution is -2.51. The van der Waals surface area contributed by atoms with Crippen LogP contribution in [0, 0.1) is 5.82 Å². The number of benzene rings is 1. The number of halogens is 1. The molecule has 1 aliphatic rings. The van der Waals surface area contributed by atoms with Crippen LogP contribution in [0.25, 0.3) is 0 Å². The van der Waals surface area contributed by atoms with Gasteiger partial charge < -0.3 is 15.3 Å². The van der Waals surface area contributed by atoms with Crippen LogP contribution in [0.2, 0.25) is 0 Å². The van der Waals surface area contributed by atoms with E-state index in [1.807, 2.05) is 11.0 Å². The maximum atomic E-state index is 13.6. The summed E-state index contributed by atoms with van der Waals surface area (Å²) in [5.41, 5.74) is 0.659. The number of hydrogen-bond donors (Lipinski definition) is 2. The maximum absolute atomic E-state index is 13.6. The average Bonchev–Trinajstić information content (AvgIpc) is 2.30. The summed E-state index contributed by atoms with van der Waals surface area (Å²) in [7, 11) is 0. The van der Waals surface area contributed by atoms with Crippen LogP contribution in [0.1, 0.15) is 6.42 Å². The van der Waals surface area contributed by atoms with Gasteiger partial charge in [-0.25, -0.2) is 4.39 Å². The highest BCUT2D eigenvalue weighted by Gasteiger charge is 2.20. The topological polar surface area (TPSA) is 35.5 Å². The van der Waals surface area contributed by atoms with E-state index in [9.17, 15) is 4.39 Å². The fourth-order valence-corrected chi connectivity index (χ4v) is 2.10. The number of aliphatic hydroxyl groups is 1. The summed E-state index contributed by atoms with van der Waals surface area (Å²) in [6.45, 7) is 2.56. The van der Waals surface area contributed by atoms with E-state index in [1.54, 1.807) is 12.1 Å². The minimum absolute atomic E-state index is 0.169. The Bertz CT molecular complexity index is 344. The summed E-state index contributed by atoms with van der Waals surface area (Å²) in [5.74, 6) is -0.174. The molecule has 1 fully saturated rings. The zero-order chi connectivity index (χ0) is 11.4. The molecule has 1 aromatic rings. The summed E-state index contributed by atoms with van der Waals surface area (Å²) in [5, 5.41) is 12.2. The van der Waals surface area contributed by atoms with Gasteiger partial charge in [-0.15, -0.1) is 0 Å². The second kappa shape index (κ2) is 5.27. The molecule has 0 aromatic heterocycles. The molecule has 1 unspecified atom stereocenters. The van der Waals surface area contributed by atoms with Gasteiger partial charge in [-0.1, -0.05) is 12.1 Å². The van der Waals surface area contributed by atoms with Crippen LogP contribution in [0.5, 0.6) is 0 Å². The van der Waals surface area contributed by atoms with Gasteiger partial charge in [-0.05, 0) is 18.6 Å². The number of nitrogens with zero attached hydrogens (tertiary/aromatic N) is 1. The number of para-hydroxylation sites is 1. The fraction of sp³-hybridized carbons (Fsp3) is 0.500. The van der Waals surface area contributed by atoms with Gasteiger partial charge in [0.1, 0.15) is 5.82 Å². The Labute approximate surface area is 94.9 Å². The smallest absolute Gasteiger partial charge is 0.146 e. The molecule has 1 aliphatic heterocycles. The van der Waals surface area contributed by atoms with Crippen LogP contribution in [0.4, 0.5) is 10.1 Å². The third kappa shape index (κ3) is 2.51. The van der Waals surface area contributed by atoms with Crippen molar-refractivity contribution in [1.82, 2.24) is 5.32 Å². The number of piperazine rings is 1. The van der Waals surface area contributed by atoms with E-state index in [4.69, 9.17) is 5.11 Å². The van der Waals surface area contributed by atoms with Crippen molar-refractivity contribution in [3.63, 3.8) is 0 Å².